The molecule has 2 rings (SSSR count). The van der Waals surface area contributed by atoms with Gasteiger partial charge in [-0.15, -0.1) is 11.3 Å². The molecule has 2 heterocycles. The second kappa shape index (κ2) is 12.3. The van der Waals surface area contributed by atoms with Crippen LogP contribution in [0.2, 0.25) is 0 Å². The molecule has 1 aromatic rings. The summed E-state index contributed by atoms with van der Waals surface area (Å²) in [6, 6.07) is 0. The Morgan fingerprint density at radius 1 is 1.07 bits per heavy atom. The standard InChI is InChI=1S/C20H38N6S/c1-5-21-20(23-11-9-19-24-17(3)18(4)27-19)22-10-7-8-12-26-15-13-25(6-2)14-16-26/h5-16H2,1-4H3,(H2,21,22,23). The number of rotatable bonds is 10. The van der Waals surface area contributed by atoms with E-state index in [0.29, 0.717) is 0 Å². The average Bonchev–Trinajstić information content (AvgIpc) is 2.99. The molecule has 0 spiro atoms. The quantitative estimate of drug-likeness (QED) is 0.362. The van der Waals surface area contributed by atoms with Crippen LogP contribution in [0.1, 0.15) is 42.3 Å². The van der Waals surface area contributed by atoms with Crippen molar-refractivity contribution >= 4 is 17.3 Å². The van der Waals surface area contributed by atoms with Crippen LogP contribution >= 0.6 is 11.3 Å². The lowest BCUT2D eigenvalue weighted by Crippen LogP contribution is -2.46. The van der Waals surface area contributed by atoms with Gasteiger partial charge >= 0.3 is 0 Å². The summed E-state index contributed by atoms with van der Waals surface area (Å²) in [4.78, 5) is 15.8. The smallest absolute Gasteiger partial charge is 0.191 e. The Morgan fingerprint density at radius 3 is 2.44 bits per heavy atom. The first-order chi connectivity index (χ1) is 13.1. The van der Waals surface area contributed by atoms with E-state index in [1.54, 1.807) is 11.3 Å². The molecule has 7 heteroatoms. The number of nitrogens with zero attached hydrogens (tertiary/aromatic N) is 4. The summed E-state index contributed by atoms with van der Waals surface area (Å²) in [5.41, 5.74) is 1.16. The molecule has 0 unspecified atom stereocenters. The van der Waals surface area contributed by atoms with Crippen molar-refractivity contribution in [1.29, 1.82) is 0 Å². The van der Waals surface area contributed by atoms with Crippen molar-refractivity contribution < 1.29 is 0 Å². The molecule has 1 aliphatic heterocycles. The minimum Gasteiger partial charge on any atom is -0.357 e. The summed E-state index contributed by atoms with van der Waals surface area (Å²) >= 11 is 1.80. The molecule has 6 nitrogen and oxygen atoms in total. The summed E-state index contributed by atoms with van der Waals surface area (Å²) in [5, 5.41) is 7.99. The van der Waals surface area contributed by atoms with Gasteiger partial charge in [-0.2, -0.15) is 0 Å². The van der Waals surface area contributed by atoms with Gasteiger partial charge in [-0.1, -0.05) is 6.92 Å². The summed E-state index contributed by atoms with van der Waals surface area (Å²) in [6.07, 6.45) is 3.33. The van der Waals surface area contributed by atoms with Crippen LogP contribution in [0.15, 0.2) is 4.99 Å². The number of unbranched alkanes of at least 4 members (excludes halogenated alkanes) is 1. The molecule has 2 N–H and O–H groups in total. The van der Waals surface area contributed by atoms with Gasteiger partial charge in [0.25, 0.3) is 0 Å². The zero-order valence-electron chi connectivity index (χ0n) is 17.7. The fraction of sp³-hybridized carbons (Fsp3) is 0.800. The van der Waals surface area contributed by atoms with E-state index in [0.717, 1.165) is 44.1 Å². The maximum Gasteiger partial charge on any atom is 0.191 e. The minimum atomic E-state index is 0.875. The summed E-state index contributed by atoms with van der Waals surface area (Å²) in [7, 11) is 0. The van der Waals surface area contributed by atoms with Crippen molar-refractivity contribution in [3.8, 4) is 0 Å². The van der Waals surface area contributed by atoms with Gasteiger partial charge in [-0.3, -0.25) is 4.99 Å². The van der Waals surface area contributed by atoms with Gasteiger partial charge in [-0.05, 0) is 46.7 Å². The number of piperazine rings is 1. The predicted octanol–water partition coefficient (Wildman–Crippen LogP) is 2.28. The van der Waals surface area contributed by atoms with E-state index in [1.165, 1.54) is 55.6 Å². The zero-order valence-corrected chi connectivity index (χ0v) is 18.5. The summed E-state index contributed by atoms with van der Waals surface area (Å²) in [6.45, 7) is 18.5. The molecule has 154 valence electrons. The number of thiazole rings is 1. The van der Waals surface area contributed by atoms with E-state index >= 15 is 0 Å². The minimum absolute atomic E-state index is 0.875. The molecule has 1 aliphatic rings. The van der Waals surface area contributed by atoms with Crippen molar-refractivity contribution in [3.63, 3.8) is 0 Å². The highest BCUT2D eigenvalue weighted by atomic mass is 32.1. The third-order valence-electron chi connectivity index (χ3n) is 5.11. The second-order valence-corrected chi connectivity index (χ2v) is 8.46. The van der Waals surface area contributed by atoms with Crippen LogP contribution < -0.4 is 10.6 Å². The van der Waals surface area contributed by atoms with Crippen LogP contribution in [-0.2, 0) is 6.42 Å². The van der Waals surface area contributed by atoms with Gasteiger partial charge in [0.1, 0.15) is 0 Å². The van der Waals surface area contributed by atoms with E-state index in [4.69, 9.17) is 4.99 Å². The first-order valence-electron chi connectivity index (χ1n) is 10.5. The number of likely N-dealkylation sites (N-methyl/N-ethyl adjacent to an activating group) is 1. The van der Waals surface area contributed by atoms with E-state index in [1.807, 2.05) is 0 Å². The Balaban J connectivity index is 1.61. The van der Waals surface area contributed by atoms with Crippen molar-refractivity contribution in [1.82, 2.24) is 25.4 Å². The zero-order chi connectivity index (χ0) is 19.5. The third kappa shape index (κ3) is 8.15. The maximum atomic E-state index is 4.73. The normalized spacial score (nSPS) is 16.7. The Morgan fingerprint density at radius 2 is 1.81 bits per heavy atom. The highest BCUT2D eigenvalue weighted by Gasteiger charge is 2.14. The van der Waals surface area contributed by atoms with Crippen LogP contribution in [0.25, 0.3) is 0 Å². The van der Waals surface area contributed by atoms with Crippen LogP contribution in [-0.4, -0.2) is 79.6 Å². The van der Waals surface area contributed by atoms with E-state index < -0.39 is 0 Å². The molecule has 0 atom stereocenters. The number of hydrogen-bond acceptors (Lipinski definition) is 5. The van der Waals surface area contributed by atoms with Crippen molar-refractivity contribution in [3.05, 3.63) is 15.6 Å². The monoisotopic (exact) mass is 394 g/mol. The van der Waals surface area contributed by atoms with Crippen LogP contribution in [0, 0.1) is 13.8 Å². The first kappa shape index (κ1) is 22.1. The molecular formula is C20H38N6S. The number of guanidine groups is 1. The molecule has 0 bridgehead atoms. The molecule has 0 saturated carbocycles. The number of hydrogen-bond donors (Lipinski definition) is 2. The Kier molecular flexibility index (Phi) is 10.1. The fourth-order valence-electron chi connectivity index (χ4n) is 3.24. The van der Waals surface area contributed by atoms with Crippen LogP contribution in [0.3, 0.4) is 0 Å². The molecule has 0 amide bonds. The topological polar surface area (TPSA) is 55.8 Å². The van der Waals surface area contributed by atoms with Crippen molar-refractivity contribution in [2.24, 2.45) is 4.99 Å². The molecule has 0 radical (unpaired) electrons. The molecule has 1 fully saturated rings. The lowest BCUT2D eigenvalue weighted by atomic mass is 10.2. The number of aliphatic imine (C=N–C) groups is 1. The van der Waals surface area contributed by atoms with Crippen molar-refractivity contribution in [2.75, 3.05) is 58.9 Å². The lowest BCUT2D eigenvalue weighted by molar-refractivity contribution is 0.136. The second-order valence-electron chi connectivity index (χ2n) is 7.17. The Labute approximate surface area is 169 Å². The molecule has 1 aromatic heterocycles. The predicted molar refractivity (Wildman–Crippen MR) is 117 cm³/mol. The third-order valence-corrected chi connectivity index (χ3v) is 6.25. The van der Waals surface area contributed by atoms with Gasteiger partial charge in [0.05, 0.1) is 10.7 Å². The van der Waals surface area contributed by atoms with Gasteiger partial charge in [-0.25, -0.2) is 4.98 Å². The highest BCUT2D eigenvalue weighted by Crippen LogP contribution is 2.16. The molecule has 1 saturated heterocycles. The lowest BCUT2D eigenvalue weighted by Gasteiger charge is -2.33. The first-order valence-corrected chi connectivity index (χ1v) is 11.3. The number of nitrogens with one attached hydrogen (secondary N) is 2. The van der Waals surface area contributed by atoms with Gasteiger partial charge in [0.2, 0.25) is 0 Å². The highest BCUT2D eigenvalue weighted by molar-refractivity contribution is 7.11. The van der Waals surface area contributed by atoms with E-state index in [2.05, 4.69) is 53.1 Å². The van der Waals surface area contributed by atoms with Gasteiger partial charge in [0.15, 0.2) is 5.96 Å². The largest absolute Gasteiger partial charge is 0.357 e. The summed E-state index contributed by atoms with van der Waals surface area (Å²) in [5.74, 6) is 0.930. The van der Waals surface area contributed by atoms with Gasteiger partial charge < -0.3 is 20.4 Å². The number of aromatic nitrogens is 1. The summed E-state index contributed by atoms with van der Waals surface area (Å²) < 4.78 is 0. The van der Waals surface area contributed by atoms with Crippen LogP contribution in [0.4, 0.5) is 0 Å². The SMILES string of the molecule is CCNC(=NCCCCN1CCN(CC)CC1)NCCc1nc(C)c(C)s1. The molecule has 0 aliphatic carbocycles. The van der Waals surface area contributed by atoms with E-state index in [-0.39, 0.29) is 0 Å². The van der Waals surface area contributed by atoms with Crippen LogP contribution in [0.5, 0.6) is 0 Å². The Hall–Kier alpha value is -1.18. The van der Waals surface area contributed by atoms with E-state index in [9.17, 15) is 0 Å². The van der Waals surface area contributed by atoms with Gasteiger partial charge in [0, 0.05) is 57.1 Å². The molecule has 0 aromatic carbocycles. The van der Waals surface area contributed by atoms with Crippen molar-refractivity contribution in [2.45, 2.75) is 47.0 Å². The Bertz CT molecular complexity index is 543. The molecular weight excluding hydrogens is 356 g/mol. The average molecular weight is 395 g/mol. The molecule has 27 heavy (non-hydrogen) atoms. The number of aryl methyl sites for hydroxylation is 2. The fourth-order valence-corrected chi connectivity index (χ4v) is 4.18. The maximum absolute atomic E-state index is 4.73.